The van der Waals surface area contributed by atoms with Crippen molar-refractivity contribution >= 4 is 16.1 Å². The normalized spacial score (nSPS) is 13.6. The fourth-order valence-electron chi connectivity index (χ4n) is 1.65. The molecule has 1 aromatic carbocycles. The summed E-state index contributed by atoms with van der Waals surface area (Å²) in [6.45, 7) is 0. The number of phenols is 1. The van der Waals surface area contributed by atoms with Gasteiger partial charge in [-0.1, -0.05) is 6.07 Å². The lowest BCUT2D eigenvalue weighted by Crippen LogP contribution is -2.63. The van der Waals surface area contributed by atoms with Crippen molar-refractivity contribution in [2.24, 2.45) is 0 Å². The van der Waals surface area contributed by atoms with Crippen molar-refractivity contribution in [2.45, 2.75) is 18.0 Å². The maximum absolute atomic E-state index is 13.4. The monoisotopic (exact) mass is 400 g/mol. The van der Waals surface area contributed by atoms with E-state index in [1.165, 1.54) is 0 Å². The summed E-state index contributed by atoms with van der Waals surface area (Å²) in [4.78, 5) is 11.6. The standard InChI is InChI=1S/C11H7F7O6S/c12-5-2-1-3-6(19)7(5)8(20)24-9(10(13,14)15,11(16,17)18)4-25(21,22)23/h1-3,19H,4H2,(H,21,22,23). The lowest BCUT2D eigenvalue weighted by Gasteiger charge is -2.35. The first-order chi connectivity index (χ1) is 11.0. The summed E-state index contributed by atoms with van der Waals surface area (Å²) >= 11 is 0. The fourth-order valence-corrected chi connectivity index (χ4v) is 2.55. The molecule has 0 aliphatic heterocycles. The molecule has 1 aromatic rings. The van der Waals surface area contributed by atoms with E-state index < -0.39 is 56.9 Å². The average molecular weight is 400 g/mol. The molecule has 0 aromatic heterocycles. The minimum atomic E-state index is -6.56. The first kappa shape index (κ1) is 21.0. The second-order valence-electron chi connectivity index (χ2n) is 4.57. The highest BCUT2D eigenvalue weighted by Crippen LogP contribution is 2.47. The van der Waals surface area contributed by atoms with E-state index >= 15 is 0 Å². The Morgan fingerprint density at radius 1 is 1.08 bits per heavy atom. The molecular formula is C11H7F7O6S. The molecule has 2 N–H and O–H groups in total. The van der Waals surface area contributed by atoms with Crippen LogP contribution >= 0.6 is 0 Å². The third-order valence-corrected chi connectivity index (χ3v) is 3.54. The van der Waals surface area contributed by atoms with Crippen molar-refractivity contribution in [3.05, 3.63) is 29.6 Å². The number of carbonyl (C=O) groups is 1. The maximum atomic E-state index is 13.4. The highest BCUT2D eigenvalue weighted by atomic mass is 32.2. The molecule has 25 heavy (non-hydrogen) atoms. The molecule has 0 aliphatic rings. The molecule has 0 amide bonds. The van der Waals surface area contributed by atoms with Crippen LogP contribution in [0.1, 0.15) is 10.4 Å². The van der Waals surface area contributed by atoms with Crippen molar-refractivity contribution < 1.29 is 58.3 Å². The number of phenolic OH excluding ortho intramolecular Hbond substituents is 1. The van der Waals surface area contributed by atoms with Crippen molar-refractivity contribution in [1.29, 1.82) is 0 Å². The van der Waals surface area contributed by atoms with E-state index in [0.29, 0.717) is 12.1 Å². The summed E-state index contributed by atoms with van der Waals surface area (Å²) in [6.07, 6.45) is -13.1. The van der Waals surface area contributed by atoms with E-state index in [1.807, 2.05) is 0 Å². The van der Waals surface area contributed by atoms with E-state index in [1.54, 1.807) is 0 Å². The van der Waals surface area contributed by atoms with Gasteiger partial charge in [-0.3, -0.25) is 4.55 Å². The number of carbonyl (C=O) groups excluding carboxylic acids is 1. The van der Waals surface area contributed by atoms with E-state index in [9.17, 15) is 49.1 Å². The van der Waals surface area contributed by atoms with Gasteiger partial charge in [0, 0.05) is 0 Å². The minimum absolute atomic E-state index is 0.419. The van der Waals surface area contributed by atoms with Crippen LogP contribution in [-0.4, -0.2) is 47.8 Å². The van der Waals surface area contributed by atoms with Gasteiger partial charge in [0.2, 0.25) is 0 Å². The molecule has 0 heterocycles. The van der Waals surface area contributed by atoms with Crippen LogP contribution in [0.25, 0.3) is 0 Å². The van der Waals surface area contributed by atoms with Gasteiger partial charge < -0.3 is 9.84 Å². The molecule has 0 atom stereocenters. The minimum Gasteiger partial charge on any atom is -0.507 e. The molecule has 1 rings (SSSR count). The number of halogens is 7. The molecule has 0 saturated carbocycles. The molecule has 0 saturated heterocycles. The highest BCUT2D eigenvalue weighted by molar-refractivity contribution is 7.85. The zero-order chi connectivity index (χ0) is 19.8. The second kappa shape index (κ2) is 6.33. The predicted molar refractivity (Wildman–Crippen MR) is 64.7 cm³/mol. The molecule has 0 fully saturated rings. The molecular weight excluding hydrogens is 393 g/mol. The van der Waals surface area contributed by atoms with Gasteiger partial charge in [-0.15, -0.1) is 0 Å². The highest BCUT2D eigenvalue weighted by Gasteiger charge is 2.76. The van der Waals surface area contributed by atoms with Gasteiger partial charge in [0.15, 0.2) is 0 Å². The number of aromatic hydroxyl groups is 1. The summed E-state index contributed by atoms with van der Waals surface area (Å²) in [7, 11) is -5.97. The second-order valence-corrected chi connectivity index (χ2v) is 6.02. The third-order valence-electron chi connectivity index (χ3n) is 2.76. The lowest BCUT2D eigenvalue weighted by atomic mass is 10.0. The van der Waals surface area contributed by atoms with E-state index in [4.69, 9.17) is 4.55 Å². The van der Waals surface area contributed by atoms with Gasteiger partial charge in [0.05, 0.1) is 0 Å². The van der Waals surface area contributed by atoms with Gasteiger partial charge in [0.25, 0.3) is 10.1 Å². The van der Waals surface area contributed by atoms with Crippen molar-refractivity contribution in [2.75, 3.05) is 5.75 Å². The molecule has 0 bridgehead atoms. The van der Waals surface area contributed by atoms with Crippen LogP contribution in [0.5, 0.6) is 5.75 Å². The van der Waals surface area contributed by atoms with Gasteiger partial charge in [-0.2, -0.15) is 34.8 Å². The molecule has 14 heteroatoms. The zero-order valence-corrected chi connectivity index (χ0v) is 12.3. The Hall–Kier alpha value is -2.09. The Labute approximate surface area is 134 Å². The van der Waals surface area contributed by atoms with Crippen molar-refractivity contribution in [1.82, 2.24) is 0 Å². The number of hydrogen-bond donors (Lipinski definition) is 2. The Morgan fingerprint density at radius 2 is 1.56 bits per heavy atom. The molecule has 6 nitrogen and oxygen atoms in total. The smallest absolute Gasteiger partial charge is 0.438 e. The Bertz CT molecular complexity index is 734. The largest absolute Gasteiger partial charge is 0.507 e. The topological polar surface area (TPSA) is 101 Å². The molecule has 0 spiro atoms. The summed E-state index contributed by atoms with van der Waals surface area (Å²) < 4.78 is 124. The molecule has 0 aliphatic carbocycles. The van der Waals surface area contributed by atoms with Crippen LogP contribution < -0.4 is 0 Å². The van der Waals surface area contributed by atoms with Gasteiger partial charge in [0.1, 0.15) is 22.9 Å². The summed E-state index contributed by atoms with van der Waals surface area (Å²) in [5.74, 6) is -8.84. The number of hydrogen-bond acceptors (Lipinski definition) is 5. The Kier molecular flexibility index (Phi) is 5.30. The van der Waals surface area contributed by atoms with Crippen LogP contribution in [-0.2, 0) is 14.9 Å². The van der Waals surface area contributed by atoms with Crippen LogP contribution in [0.3, 0.4) is 0 Å². The number of ether oxygens (including phenoxy) is 1. The van der Waals surface area contributed by atoms with Crippen molar-refractivity contribution in [3.63, 3.8) is 0 Å². The van der Waals surface area contributed by atoms with E-state index in [0.717, 1.165) is 6.07 Å². The first-order valence-corrected chi connectivity index (χ1v) is 7.42. The number of alkyl halides is 6. The molecule has 0 radical (unpaired) electrons. The van der Waals surface area contributed by atoms with E-state index in [2.05, 4.69) is 4.74 Å². The Morgan fingerprint density at radius 3 is 1.92 bits per heavy atom. The summed E-state index contributed by atoms with van der Waals surface area (Å²) in [5, 5.41) is 9.23. The first-order valence-electron chi connectivity index (χ1n) is 5.81. The van der Waals surface area contributed by atoms with E-state index in [-0.39, 0.29) is 0 Å². The average Bonchev–Trinajstić information content (AvgIpc) is 2.33. The predicted octanol–water partition coefficient (Wildman–Crippen LogP) is 2.44. The molecule has 0 unspecified atom stereocenters. The van der Waals surface area contributed by atoms with Gasteiger partial charge >= 0.3 is 23.9 Å². The summed E-state index contributed by atoms with van der Waals surface area (Å²) in [6, 6.07) is 1.76. The summed E-state index contributed by atoms with van der Waals surface area (Å²) in [5.41, 5.74) is -7.38. The lowest BCUT2D eigenvalue weighted by molar-refractivity contribution is -0.356. The van der Waals surface area contributed by atoms with Crippen LogP contribution in [0.4, 0.5) is 30.7 Å². The Balaban J connectivity index is 3.56. The number of rotatable bonds is 4. The third kappa shape index (κ3) is 4.31. The number of benzene rings is 1. The number of esters is 1. The van der Waals surface area contributed by atoms with Crippen LogP contribution in [0.15, 0.2) is 18.2 Å². The van der Waals surface area contributed by atoms with Gasteiger partial charge in [-0.25, -0.2) is 9.18 Å². The van der Waals surface area contributed by atoms with Gasteiger partial charge in [-0.05, 0) is 12.1 Å². The fraction of sp³-hybridized carbons (Fsp3) is 0.364. The molecule has 142 valence electrons. The zero-order valence-electron chi connectivity index (χ0n) is 11.5. The van der Waals surface area contributed by atoms with Crippen LogP contribution in [0, 0.1) is 5.82 Å². The van der Waals surface area contributed by atoms with Crippen LogP contribution in [0.2, 0.25) is 0 Å². The maximum Gasteiger partial charge on any atom is 0.438 e. The van der Waals surface area contributed by atoms with Crippen molar-refractivity contribution in [3.8, 4) is 5.75 Å². The quantitative estimate of drug-likeness (QED) is 0.458. The SMILES string of the molecule is O=C(OC(CS(=O)(=O)O)(C(F)(F)F)C(F)(F)F)c1c(O)cccc1F.